The molecule has 0 amide bonds. The lowest BCUT2D eigenvalue weighted by Crippen LogP contribution is -2.01. The highest BCUT2D eigenvalue weighted by molar-refractivity contribution is 9.08. The molecule has 0 radical (unpaired) electrons. The van der Waals surface area contributed by atoms with E-state index in [1.54, 1.807) is 6.07 Å². The van der Waals surface area contributed by atoms with Gasteiger partial charge in [-0.2, -0.15) is 4.98 Å². The number of nitrogen functional groups attached to an aromatic ring is 2. The topological polar surface area (TPSA) is 77.8 Å². The summed E-state index contributed by atoms with van der Waals surface area (Å²) in [5.41, 5.74) is 11.5. The molecule has 0 saturated heterocycles. The normalized spacial score (nSPS) is 9.70. The highest BCUT2D eigenvalue weighted by Gasteiger charge is 1.96. The smallest absolute Gasteiger partial charge is 0.222 e. The number of hydrogen-bond donors (Lipinski definition) is 2. The van der Waals surface area contributed by atoms with E-state index in [4.69, 9.17) is 11.5 Å². The van der Waals surface area contributed by atoms with E-state index >= 15 is 0 Å². The summed E-state index contributed by atoms with van der Waals surface area (Å²) in [5, 5.41) is 0.643. The van der Waals surface area contributed by atoms with Crippen LogP contribution in [0.5, 0.6) is 0 Å². The van der Waals surface area contributed by atoms with Crippen molar-refractivity contribution in [3.63, 3.8) is 0 Å². The predicted molar refractivity (Wildman–Crippen MR) is 43.5 cm³/mol. The lowest BCUT2D eigenvalue weighted by molar-refractivity contribution is 1.12. The monoisotopic (exact) mass is 202 g/mol. The molecule has 1 rings (SSSR count). The first-order valence-corrected chi connectivity index (χ1v) is 3.79. The SMILES string of the molecule is Nc1cc(CBr)nc(N)n1. The maximum atomic E-state index is 5.38. The number of nitrogens with two attached hydrogens (primary N) is 2. The van der Waals surface area contributed by atoms with Crippen LogP contribution in [-0.2, 0) is 5.33 Å². The lowest BCUT2D eigenvalue weighted by atomic mass is 10.4. The van der Waals surface area contributed by atoms with E-state index < -0.39 is 0 Å². The molecule has 0 bridgehead atoms. The molecule has 54 valence electrons. The number of nitrogens with zero attached hydrogens (tertiary/aromatic N) is 2. The molecule has 0 aliphatic heterocycles. The molecule has 1 aromatic rings. The van der Waals surface area contributed by atoms with Gasteiger partial charge in [-0.15, -0.1) is 0 Å². The van der Waals surface area contributed by atoms with Crippen molar-refractivity contribution >= 4 is 27.7 Å². The van der Waals surface area contributed by atoms with Crippen molar-refractivity contribution in [1.82, 2.24) is 9.97 Å². The Kier molecular flexibility index (Phi) is 2.06. The highest BCUT2D eigenvalue weighted by Crippen LogP contribution is 2.06. The zero-order valence-electron chi connectivity index (χ0n) is 5.21. The zero-order valence-corrected chi connectivity index (χ0v) is 6.80. The molecule has 0 spiro atoms. The third kappa shape index (κ3) is 1.57. The van der Waals surface area contributed by atoms with Gasteiger partial charge >= 0.3 is 0 Å². The molecule has 0 unspecified atom stereocenters. The van der Waals surface area contributed by atoms with Crippen LogP contribution in [0.2, 0.25) is 0 Å². The van der Waals surface area contributed by atoms with Crippen molar-refractivity contribution in [1.29, 1.82) is 0 Å². The number of halogens is 1. The fourth-order valence-corrected chi connectivity index (χ4v) is 0.895. The minimum atomic E-state index is 0.217. The molecule has 0 aromatic carbocycles. The zero-order chi connectivity index (χ0) is 7.56. The molecular weight excluding hydrogens is 196 g/mol. The van der Waals surface area contributed by atoms with Crippen molar-refractivity contribution in [3.05, 3.63) is 11.8 Å². The van der Waals surface area contributed by atoms with E-state index in [1.165, 1.54) is 0 Å². The first kappa shape index (κ1) is 7.27. The molecule has 5 heteroatoms. The Balaban J connectivity index is 3.06. The molecule has 0 aliphatic carbocycles. The van der Waals surface area contributed by atoms with E-state index in [1.807, 2.05) is 0 Å². The van der Waals surface area contributed by atoms with Crippen LogP contribution in [0.1, 0.15) is 5.69 Å². The first-order chi connectivity index (χ1) is 4.72. The van der Waals surface area contributed by atoms with E-state index in [-0.39, 0.29) is 5.95 Å². The van der Waals surface area contributed by atoms with Crippen molar-refractivity contribution in [2.24, 2.45) is 0 Å². The number of hydrogen-bond acceptors (Lipinski definition) is 4. The van der Waals surface area contributed by atoms with Gasteiger partial charge in [-0.3, -0.25) is 0 Å². The van der Waals surface area contributed by atoms with E-state index in [2.05, 4.69) is 25.9 Å². The Bertz CT molecular complexity index is 217. The molecule has 0 saturated carbocycles. The van der Waals surface area contributed by atoms with Crippen molar-refractivity contribution < 1.29 is 0 Å². The molecule has 4 nitrogen and oxygen atoms in total. The third-order valence-electron chi connectivity index (χ3n) is 0.953. The van der Waals surface area contributed by atoms with Crippen molar-refractivity contribution in [2.75, 3.05) is 11.5 Å². The van der Waals surface area contributed by atoms with E-state index in [0.29, 0.717) is 11.1 Å². The quantitative estimate of drug-likeness (QED) is 0.652. The van der Waals surface area contributed by atoms with Crippen LogP contribution in [-0.4, -0.2) is 9.97 Å². The molecule has 4 N–H and O–H groups in total. The van der Waals surface area contributed by atoms with Gasteiger partial charge in [0.15, 0.2) is 0 Å². The Morgan fingerprint density at radius 2 is 2.10 bits per heavy atom. The first-order valence-electron chi connectivity index (χ1n) is 2.67. The molecule has 0 aliphatic rings. The summed E-state index contributed by atoms with van der Waals surface area (Å²) in [6, 6.07) is 1.67. The lowest BCUT2D eigenvalue weighted by Gasteiger charge is -1.97. The predicted octanol–water partition coefficient (Wildman–Crippen LogP) is 0.536. The van der Waals surface area contributed by atoms with Crippen LogP contribution in [0.25, 0.3) is 0 Å². The second-order valence-electron chi connectivity index (χ2n) is 1.78. The molecule has 0 fully saturated rings. The van der Waals surface area contributed by atoms with Crippen LogP contribution < -0.4 is 11.5 Å². The van der Waals surface area contributed by atoms with Gasteiger partial charge in [0.05, 0.1) is 5.69 Å². The van der Waals surface area contributed by atoms with Crippen molar-refractivity contribution in [3.8, 4) is 0 Å². The second-order valence-corrected chi connectivity index (χ2v) is 2.34. The summed E-state index contributed by atoms with van der Waals surface area (Å²) in [5.74, 6) is 0.622. The van der Waals surface area contributed by atoms with E-state index in [0.717, 1.165) is 5.69 Å². The van der Waals surface area contributed by atoms with E-state index in [9.17, 15) is 0 Å². The number of aromatic nitrogens is 2. The maximum Gasteiger partial charge on any atom is 0.222 e. The Morgan fingerprint density at radius 3 is 2.60 bits per heavy atom. The van der Waals surface area contributed by atoms with Crippen LogP contribution >= 0.6 is 15.9 Å². The minimum Gasteiger partial charge on any atom is -0.384 e. The molecule has 1 aromatic heterocycles. The molecule has 1 heterocycles. The van der Waals surface area contributed by atoms with Gasteiger partial charge in [0.25, 0.3) is 0 Å². The molecule has 0 atom stereocenters. The number of rotatable bonds is 1. The Morgan fingerprint density at radius 1 is 1.40 bits per heavy atom. The van der Waals surface area contributed by atoms with Crippen LogP contribution in [0, 0.1) is 0 Å². The van der Waals surface area contributed by atoms with Crippen molar-refractivity contribution in [2.45, 2.75) is 5.33 Å². The molecule has 10 heavy (non-hydrogen) atoms. The summed E-state index contributed by atoms with van der Waals surface area (Å²) in [4.78, 5) is 7.60. The van der Waals surface area contributed by atoms with Gasteiger partial charge in [-0.1, -0.05) is 15.9 Å². The largest absolute Gasteiger partial charge is 0.384 e. The summed E-state index contributed by atoms with van der Waals surface area (Å²) in [7, 11) is 0. The number of alkyl halides is 1. The summed E-state index contributed by atoms with van der Waals surface area (Å²) in [6.45, 7) is 0. The fraction of sp³-hybridized carbons (Fsp3) is 0.200. The van der Waals surface area contributed by atoms with Gasteiger partial charge < -0.3 is 11.5 Å². The highest BCUT2D eigenvalue weighted by atomic mass is 79.9. The third-order valence-corrected chi connectivity index (χ3v) is 1.53. The average molecular weight is 203 g/mol. The van der Waals surface area contributed by atoms with Gasteiger partial charge in [0, 0.05) is 11.4 Å². The average Bonchev–Trinajstić information content (AvgIpc) is 1.85. The fourth-order valence-electron chi connectivity index (χ4n) is 0.608. The Hall–Kier alpha value is -0.840. The summed E-state index contributed by atoms with van der Waals surface area (Å²) >= 11 is 3.22. The standard InChI is InChI=1S/C5H7BrN4/c6-2-3-1-4(7)10-5(8)9-3/h1H,2H2,(H4,7,8,9,10). The summed E-state index contributed by atoms with van der Waals surface area (Å²) in [6.07, 6.45) is 0. The summed E-state index contributed by atoms with van der Waals surface area (Å²) < 4.78 is 0. The number of anilines is 2. The Labute approximate surface area is 66.8 Å². The van der Waals surface area contributed by atoms with Gasteiger partial charge in [-0.25, -0.2) is 4.98 Å². The van der Waals surface area contributed by atoms with Gasteiger partial charge in [0.1, 0.15) is 5.82 Å². The van der Waals surface area contributed by atoms with Crippen LogP contribution in [0.3, 0.4) is 0 Å². The van der Waals surface area contributed by atoms with Crippen LogP contribution in [0.4, 0.5) is 11.8 Å². The maximum absolute atomic E-state index is 5.38. The molecular formula is C5H7BrN4. The van der Waals surface area contributed by atoms with Gasteiger partial charge in [-0.05, 0) is 0 Å². The second kappa shape index (κ2) is 2.83. The minimum absolute atomic E-state index is 0.217. The van der Waals surface area contributed by atoms with Crippen LogP contribution in [0.15, 0.2) is 6.07 Å². The van der Waals surface area contributed by atoms with Gasteiger partial charge in [0.2, 0.25) is 5.95 Å².